The molecule has 1 aliphatic rings. The van der Waals surface area contributed by atoms with Crippen LogP contribution in [0, 0.1) is 0 Å². The van der Waals surface area contributed by atoms with Crippen molar-refractivity contribution >= 4 is 6.47 Å². The Morgan fingerprint density at radius 3 is 2.00 bits per heavy atom. The fourth-order valence-corrected chi connectivity index (χ4v) is 1.58. The van der Waals surface area contributed by atoms with E-state index in [0.717, 1.165) is 12.7 Å². The number of likely N-dealkylation sites (tertiary alicyclic amines) is 1. The molecular formula is C16H29NO3. The van der Waals surface area contributed by atoms with Gasteiger partial charge in [0.25, 0.3) is 6.47 Å². The van der Waals surface area contributed by atoms with E-state index < -0.39 is 0 Å². The minimum atomic E-state index is 0.365. The van der Waals surface area contributed by atoms with Crippen molar-refractivity contribution in [1.82, 2.24) is 4.90 Å². The average molecular weight is 283 g/mol. The minimum Gasteiger partial charge on any atom is -0.463 e. The summed E-state index contributed by atoms with van der Waals surface area (Å²) < 4.78 is 4.54. The van der Waals surface area contributed by atoms with E-state index in [9.17, 15) is 4.79 Å². The van der Waals surface area contributed by atoms with E-state index in [0.29, 0.717) is 13.1 Å². The van der Waals surface area contributed by atoms with E-state index >= 15 is 0 Å². The van der Waals surface area contributed by atoms with Crippen molar-refractivity contribution in [3.63, 3.8) is 0 Å². The topological polar surface area (TPSA) is 49.8 Å². The Hall–Kier alpha value is -1.39. The minimum absolute atomic E-state index is 0.365. The Labute approximate surface area is 123 Å². The smallest absolute Gasteiger partial charge is 0.293 e. The molecule has 116 valence electrons. The molecular weight excluding hydrogens is 254 g/mol. The monoisotopic (exact) mass is 283 g/mol. The van der Waals surface area contributed by atoms with Crippen LogP contribution in [0.2, 0.25) is 0 Å². The van der Waals surface area contributed by atoms with Crippen LogP contribution in [0.4, 0.5) is 0 Å². The molecule has 1 N–H and O–H groups in total. The Morgan fingerprint density at radius 2 is 1.65 bits per heavy atom. The third kappa shape index (κ3) is 13.1. The largest absolute Gasteiger partial charge is 0.463 e. The van der Waals surface area contributed by atoms with E-state index in [-0.39, 0.29) is 0 Å². The van der Waals surface area contributed by atoms with E-state index in [2.05, 4.69) is 16.7 Å². The summed E-state index contributed by atoms with van der Waals surface area (Å²) in [5, 5.41) is 7.00. The first-order valence-electron chi connectivity index (χ1n) is 7.05. The van der Waals surface area contributed by atoms with Gasteiger partial charge in [-0.15, -0.1) is 0 Å². The Balaban J connectivity index is 0. The number of hydrogen-bond acceptors (Lipinski definition) is 4. The number of hydrogen-bond donors (Lipinski definition) is 1. The van der Waals surface area contributed by atoms with Crippen LogP contribution in [0.1, 0.15) is 32.3 Å². The van der Waals surface area contributed by atoms with Crippen molar-refractivity contribution in [2.45, 2.75) is 33.3 Å². The zero-order chi connectivity index (χ0) is 15.6. The van der Waals surface area contributed by atoms with Crippen molar-refractivity contribution in [2.24, 2.45) is 0 Å². The molecule has 1 saturated heterocycles. The van der Waals surface area contributed by atoms with Gasteiger partial charge in [-0.1, -0.05) is 44.2 Å². The van der Waals surface area contributed by atoms with Crippen molar-refractivity contribution in [3.05, 3.63) is 35.9 Å². The number of benzene rings is 1. The highest BCUT2D eigenvalue weighted by molar-refractivity contribution is 5.37. The first-order valence-corrected chi connectivity index (χ1v) is 7.05. The fourth-order valence-electron chi connectivity index (χ4n) is 1.58. The van der Waals surface area contributed by atoms with Gasteiger partial charge in [0.2, 0.25) is 0 Å². The second-order valence-electron chi connectivity index (χ2n) is 3.90. The maximum Gasteiger partial charge on any atom is 0.293 e. The van der Waals surface area contributed by atoms with Crippen molar-refractivity contribution in [2.75, 3.05) is 27.2 Å². The molecule has 0 aliphatic carbocycles. The van der Waals surface area contributed by atoms with Gasteiger partial charge in [-0.25, -0.2) is 0 Å². The van der Waals surface area contributed by atoms with Crippen molar-refractivity contribution in [3.8, 4) is 0 Å². The Bertz CT molecular complexity index is 285. The molecule has 1 aromatic carbocycles. The lowest BCUT2D eigenvalue weighted by molar-refractivity contribution is -0.129. The van der Waals surface area contributed by atoms with Crippen LogP contribution in [-0.2, 0) is 16.1 Å². The van der Waals surface area contributed by atoms with Crippen molar-refractivity contribution < 1.29 is 14.6 Å². The van der Waals surface area contributed by atoms with Gasteiger partial charge in [0.1, 0.15) is 6.61 Å². The predicted octanol–water partition coefficient (Wildman–Crippen LogP) is 2.71. The third-order valence-electron chi connectivity index (χ3n) is 2.49. The van der Waals surface area contributed by atoms with Gasteiger partial charge in [-0.05, 0) is 38.5 Å². The molecule has 0 atom stereocenters. The molecule has 0 unspecified atom stereocenters. The summed E-state index contributed by atoms with van der Waals surface area (Å²) in [6.45, 7) is 7.46. The summed E-state index contributed by atoms with van der Waals surface area (Å²) in [7, 11) is 3.17. The third-order valence-corrected chi connectivity index (χ3v) is 2.49. The zero-order valence-electron chi connectivity index (χ0n) is 13.2. The molecule has 0 aromatic heterocycles. The molecule has 0 amide bonds. The number of ether oxygens (including phenoxy) is 1. The van der Waals surface area contributed by atoms with Gasteiger partial charge >= 0.3 is 0 Å². The first-order chi connectivity index (χ1) is 9.83. The van der Waals surface area contributed by atoms with Crippen LogP contribution >= 0.6 is 0 Å². The predicted molar refractivity (Wildman–Crippen MR) is 83.5 cm³/mol. The molecule has 4 heteroatoms. The number of aliphatic hydroxyl groups is 1. The molecule has 2 rings (SSSR count). The maximum absolute atomic E-state index is 9.76. The highest BCUT2D eigenvalue weighted by atomic mass is 16.5. The molecule has 0 bridgehead atoms. The number of nitrogens with zero attached hydrogens (tertiary/aromatic N) is 1. The quantitative estimate of drug-likeness (QED) is 0.867. The van der Waals surface area contributed by atoms with E-state index in [1.165, 1.54) is 25.9 Å². The Morgan fingerprint density at radius 1 is 1.15 bits per heavy atom. The lowest BCUT2D eigenvalue weighted by atomic mass is 10.2. The summed E-state index contributed by atoms with van der Waals surface area (Å²) in [5.74, 6) is 0. The number of carbonyl (C=O) groups is 1. The van der Waals surface area contributed by atoms with Crippen LogP contribution in [0.3, 0.4) is 0 Å². The molecule has 0 radical (unpaired) electrons. The SMILES string of the molecule is CC.CN1CCCC1.CO.O=COCc1ccccc1. The van der Waals surface area contributed by atoms with Gasteiger partial charge in [-0.2, -0.15) is 0 Å². The number of carbonyl (C=O) groups excluding carboxylic acids is 1. The highest BCUT2D eigenvalue weighted by Gasteiger charge is 2.03. The van der Waals surface area contributed by atoms with Gasteiger partial charge in [0, 0.05) is 7.11 Å². The first kappa shape index (κ1) is 20.9. The standard InChI is InChI=1S/C8H8O2.C5H11N.C2H6.CH4O/c9-7-10-6-8-4-2-1-3-5-8;1-6-4-2-3-5-6;2*1-2/h1-5,7H,6H2;2-5H2,1H3;1-2H3;2H,1H3. The Kier molecular flexibility index (Phi) is 18.4. The van der Waals surface area contributed by atoms with Gasteiger partial charge in [0.05, 0.1) is 0 Å². The van der Waals surface area contributed by atoms with Gasteiger partial charge in [-0.3, -0.25) is 4.79 Å². The summed E-state index contributed by atoms with van der Waals surface area (Å²) in [6, 6.07) is 9.55. The average Bonchev–Trinajstić information content (AvgIpc) is 3.02. The van der Waals surface area contributed by atoms with Crippen LogP contribution in [0.25, 0.3) is 0 Å². The van der Waals surface area contributed by atoms with Gasteiger partial charge in [0.15, 0.2) is 0 Å². The number of rotatable bonds is 3. The summed E-state index contributed by atoms with van der Waals surface area (Å²) in [6.07, 6.45) is 2.83. The van der Waals surface area contributed by atoms with Crippen molar-refractivity contribution in [1.29, 1.82) is 0 Å². The van der Waals surface area contributed by atoms with Crippen LogP contribution in [-0.4, -0.2) is 43.7 Å². The summed E-state index contributed by atoms with van der Waals surface area (Å²) in [4.78, 5) is 12.1. The summed E-state index contributed by atoms with van der Waals surface area (Å²) in [5.41, 5.74) is 1.01. The zero-order valence-corrected chi connectivity index (χ0v) is 13.2. The van der Waals surface area contributed by atoms with Crippen LogP contribution in [0.15, 0.2) is 30.3 Å². The second-order valence-corrected chi connectivity index (χ2v) is 3.90. The molecule has 1 aliphatic heterocycles. The molecule has 0 saturated carbocycles. The fraction of sp³-hybridized carbons (Fsp3) is 0.562. The molecule has 1 aromatic rings. The number of aliphatic hydroxyl groups excluding tert-OH is 1. The lowest BCUT2D eigenvalue weighted by Gasteiger charge is -2.01. The van der Waals surface area contributed by atoms with E-state index in [1.807, 2.05) is 44.2 Å². The van der Waals surface area contributed by atoms with Crippen LogP contribution in [0.5, 0.6) is 0 Å². The van der Waals surface area contributed by atoms with Crippen LogP contribution < -0.4 is 0 Å². The molecule has 1 heterocycles. The molecule has 0 spiro atoms. The highest BCUT2D eigenvalue weighted by Crippen LogP contribution is 2.02. The molecule has 1 fully saturated rings. The lowest BCUT2D eigenvalue weighted by Crippen LogP contribution is -2.10. The molecule has 4 nitrogen and oxygen atoms in total. The molecule has 20 heavy (non-hydrogen) atoms. The van der Waals surface area contributed by atoms with Gasteiger partial charge < -0.3 is 14.7 Å². The van der Waals surface area contributed by atoms with E-state index in [4.69, 9.17) is 5.11 Å². The normalized spacial score (nSPS) is 12.7. The van der Waals surface area contributed by atoms with E-state index in [1.54, 1.807) is 0 Å². The summed E-state index contributed by atoms with van der Waals surface area (Å²) >= 11 is 0. The second kappa shape index (κ2) is 17.6. The maximum atomic E-state index is 9.76.